The number of nitro benzene ring substituents is 1. The van der Waals surface area contributed by atoms with Crippen molar-refractivity contribution in [2.45, 2.75) is 25.8 Å². The van der Waals surface area contributed by atoms with Crippen molar-refractivity contribution in [3.05, 3.63) is 27.8 Å². The monoisotopic (exact) mass is 252 g/mol. The van der Waals surface area contributed by atoms with E-state index in [1.54, 1.807) is 6.07 Å². The SMILES string of the molecule is CC(C)(N)Cc1cc2c(c([N+](=O)[O-])c1)OCCO2. The summed E-state index contributed by atoms with van der Waals surface area (Å²) in [6, 6.07) is 3.26. The molecule has 0 bridgehead atoms. The molecule has 0 saturated heterocycles. The summed E-state index contributed by atoms with van der Waals surface area (Å²) in [5.41, 5.74) is 6.21. The van der Waals surface area contributed by atoms with Crippen molar-refractivity contribution in [1.29, 1.82) is 0 Å². The number of nitrogens with zero attached hydrogens (tertiary/aromatic N) is 1. The van der Waals surface area contributed by atoms with Gasteiger partial charge in [0.05, 0.1) is 4.92 Å². The highest BCUT2D eigenvalue weighted by molar-refractivity contribution is 5.58. The second kappa shape index (κ2) is 4.45. The topological polar surface area (TPSA) is 87.6 Å². The minimum absolute atomic E-state index is 0.0635. The number of nitro groups is 1. The number of nitrogens with two attached hydrogens (primary N) is 1. The summed E-state index contributed by atoms with van der Waals surface area (Å²) in [5.74, 6) is 0.638. The van der Waals surface area contributed by atoms with E-state index in [1.165, 1.54) is 6.07 Å². The Morgan fingerprint density at radius 2 is 2.06 bits per heavy atom. The first-order valence-corrected chi connectivity index (χ1v) is 5.72. The number of hydrogen-bond donors (Lipinski definition) is 1. The third-order valence-corrected chi connectivity index (χ3v) is 2.54. The van der Waals surface area contributed by atoms with Gasteiger partial charge in [0.15, 0.2) is 5.75 Å². The zero-order valence-corrected chi connectivity index (χ0v) is 10.4. The second-order valence-electron chi connectivity index (χ2n) is 5.06. The van der Waals surface area contributed by atoms with Crippen molar-refractivity contribution >= 4 is 5.69 Å². The Balaban J connectivity index is 2.45. The van der Waals surface area contributed by atoms with Crippen molar-refractivity contribution in [2.24, 2.45) is 5.73 Å². The molecule has 0 radical (unpaired) electrons. The molecule has 1 aromatic carbocycles. The fourth-order valence-electron chi connectivity index (χ4n) is 1.95. The molecule has 1 aliphatic heterocycles. The van der Waals surface area contributed by atoms with Crippen LogP contribution in [0.4, 0.5) is 5.69 Å². The van der Waals surface area contributed by atoms with E-state index in [9.17, 15) is 10.1 Å². The zero-order chi connectivity index (χ0) is 13.3. The average molecular weight is 252 g/mol. The molecule has 6 nitrogen and oxygen atoms in total. The number of benzene rings is 1. The Morgan fingerprint density at radius 1 is 1.39 bits per heavy atom. The smallest absolute Gasteiger partial charge is 0.315 e. The molecule has 1 aromatic rings. The first-order valence-electron chi connectivity index (χ1n) is 5.72. The summed E-state index contributed by atoms with van der Waals surface area (Å²) >= 11 is 0. The van der Waals surface area contributed by atoms with Gasteiger partial charge in [0, 0.05) is 11.6 Å². The summed E-state index contributed by atoms with van der Waals surface area (Å²) in [7, 11) is 0. The van der Waals surface area contributed by atoms with Gasteiger partial charge in [-0.15, -0.1) is 0 Å². The molecule has 1 heterocycles. The molecular weight excluding hydrogens is 236 g/mol. The average Bonchev–Trinajstić information content (AvgIpc) is 2.25. The molecule has 0 spiro atoms. The summed E-state index contributed by atoms with van der Waals surface area (Å²) in [6.07, 6.45) is 0.532. The van der Waals surface area contributed by atoms with Gasteiger partial charge in [-0.05, 0) is 31.9 Å². The van der Waals surface area contributed by atoms with Gasteiger partial charge in [0.2, 0.25) is 5.75 Å². The zero-order valence-electron chi connectivity index (χ0n) is 10.4. The molecule has 0 fully saturated rings. The highest BCUT2D eigenvalue weighted by Gasteiger charge is 2.26. The Kier molecular flexibility index (Phi) is 3.13. The van der Waals surface area contributed by atoms with Crippen LogP contribution in [0.5, 0.6) is 11.5 Å². The summed E-state index contributed by atoms with van der Waals surface area (Å²) in [5, 5.41) is 11.0. The summed E-state index contributed by atoms with van der Waals surface area (Å²) in [4.78, 5) is 10.6. The van der Waals surface area contributed by atoms with Gasteiger partial charge in [-0.1, -0.05) is 0 Å². The molecule has 6 heteroatoms. The lowest BCUT2D eigenvalue weighted by atomic mass is 9.95. The molecule has 0 aliphatic carbocycles. The molecule has 0 amide bonds. The van der Waals surface area contributed by atoms with Gasteiger partial charge in [0.25, 0.3) is 0 Å². The van der Waals surface area contributed by atoms with Crippen molar-refractivity contribution in [1.82, 2.24) is 0 Å². The van der Waals surface area contributed by atoms with Crippen LogP contribution in [0.1, 0.15) is 19.4 Å². The summed E-state index contributed by atoms with van der Waals surface area (Å²) < 4.78 is 10.7. The molecule has 18 heavy (non-hydrogen) atoms. The van der Waals surface area contributed by atoms with E-state index >= 15 is 0 Å². The third kappa shape index (κ3) is 2.70. The lowest BCUT2D eigenvalue weighted by Gasteiger charge is -2.22. The van der Waals surface area contributed by atoms with Crippen LogP contribution in [-0.4, -0.2) is 23.7 Å². The highest BCUT2D eigenvalue weighted by atomic mass is 16.6. The van der Waals surface area contributed by atoms with Crippen LogP contribution < -0.4 is 15.2 Å². The highest BCUT2D eigenvalue weighted by Crippen LogP contribution is 2.40. The van der Waals surface area contributed by atoms with Crippen LogP contribution in [0.25, 0.3) is 0 Å². The largest absolute Gasteiger partial charge is 0.486 e. The molecular formula is C12H16N2O4. The molecule has 98 valence electrons. The molecule has 2 N–H and O–H groups in total. The van der Waals surface area contributed by atoms with Crippen LogP contribution in [0.3, 0.4) is 0 Å². The predicted molar refractivity (Wildman–Crippen MR) is 66.1 cm³/mol. The maximum Gasteiger partial charge on any atom is 0.315 e. The van der Waals surface area contributed by atoms with E-state index in [2.05, 4.69) is 0 Å². The minimum Gasteiger partial charge on any atom is -0.486 e. The van der Waals surface area contributed by atoms with Crippen LogP contribution in [-0.2, 0) is 6.42 Å². The van der Waals surface area contributed by atoms with Crippen LogP contribution in [0.15, 0.2) is 12.1 Å². The van der Waals surface area contributed by atoms with Gasteiger partial charge in [-0.3, -0.25) is 10.1 Å². The maximum atomic E-state index is 11.0. The molecule has 0 aromatic heterocycles. The van der Waals surface area contributed by atoms with E-state index < -0.39 is 10.5 Å². The van der Waals surface area contributed by atoms with Crippen molar-refractivity contribution in [3.8, 4) is 11.5 Å². The normalized spacial score (nSPS) is 14.4. The number of hydrogen-bond acceptors (Lipinski definition) is 5. The van der Waals surface area contributed by atoms with Gasteiger partial charge in [0.1, 0.15) is 13.2 Å². The maximum absolute atomic E-state index is 11.0. The van der Waals surface area contributed by atoms with Crippen molar-refractivity contribution in [2.75, 3.05) is 13.2 Å². The van der Waals surface area contributed by atoms with Crippen LogP contribution >= 0.6 is 0 Å². The number of fused-ring (bicyclic) bond motifs is 1. The fourth-order valence-corrected chi connectivity index (χ4v) is 1.95. The third-order valence-electron chi connectivity index (χ3n) is 2.54. The molecule has 0 atom stereocenters. The van der Waals surface area contributed by atoms with Gasteiger partial charge in [-0.25, -0.2) is 0 Å². The quantitative estimate of drug-likeness (QED) is 0.652. The standard InChI is InChI=1S/C12H16N2O4/c1-12(2,13)7-8-5-9(14(15)16)11-10(6-8)17-3-4-18-11/h5-6H,3-4,7,13H2,1-2H3. The lowest BCUT2D eigenvalue weighted by Crippen LogP contribution is -2.34. The first-order chi connectivity index (χ1) is 8.37. The Bertz CT molecular complexity index is 480. The Labute approximate surface area is 105 Å². The van der Waals surface area contributed by atoms with Crippen molar-refractivity contribution < 1.29 is 14.4 Å². The molecule has 0 saturated carbocycles. The van der Waals surface area contributed by atoms with Crippen LogP contribution in [0.2, 0.25) is 0 Å². The van der Waals surface area contributed by atoms with Crippen LogP contribution in [0, 0.1) is 10.1 Å². The Morgan fingerprint density at radius 3 is 2.67 bits per heavy atom. The van der Waals surface area contributed by atoms with Gasteiger partial charge >= 0.3 is 5.69 Å². The first kappa shape index (κ1) is 12.6. The molecule has 1 aliphatic rings. The Hall–Kier alpha value is -1.82. The van der Waals surface area contributed by atoms with E-state index in [1.807, 2.05) is 13.8 Å². The minimum atomic E-state index is -0.458. The van der Waals surface area contributed by atoms with Gasteiger partial charge < -0.3 is 15.2 Å². The summed E-state index contributed by atoms with van der Waals surface area (Å²) in [6.45, 7) is 4.47. The van der Waals surface area contributed by atoms with Crippen molar-refractivity contribution in [3.63, 3.8) is 0 Å². The van der Waals surface area contributed by atoms with E-state index in [-0.39, 0.29) is 11.4 Å². The number of rotatable bonds is 3. The molecule has 2 rings (SSSR count). The van der Waals surface area contributed by atoms with Gasteiger partial charge in [-0.2, -0.15) is 0 Å². The van der Waals surface area contributed by atoms with E-state index in [4.69, 9.17) is 15.2 Å². The fraction of sp³-hybridized carbons (Fsp3) is 0.500. The molecule has 0 unspecified atom stereocenters. The number of ether oxygens (including phenoxy) is 2. The second-order valence-corrected chi connectivity index (χ2v) is 5.06. The predicted octanol–water partition coefficient (Wildman–Crippen LogP) is 1.65. The van der Waals surface area contributed by atoms with E-state index in [0.717, 1.165) is 5.56 Å². The lowest BCUT2D eigenvalue weighted by molar-refractivity contribution is -0.386. The van der Waals surface area contributed by atoms with E-state index in [0.29, 0.717) is 25.4 Å².